The third-order valence-corrected chi connectivity index (χ3v) is 3.72. The van der Waals surface area contributed by atoms with E-state index < -0.39 is 0 Å². The van der Waals surface area contributed by atoms with E-state index in [1.807, 2.05) is 0 Å². The zero-order valence-electron chi connectivity index (χ0n) is 12.2. The Balaban J connectivity index is 4.19. The first-order valence-corrected chi connectivity index (χ1v) is 7.03. The molecule has 2 heteroatoms. The molecule has 0 aliphatic rings. The van der Waals surface area contributed by atoms with Gasteiger partial charge in [-0.2, -0.15) is 0 Å². The number of rotatable bonds is 9. The summed E-state index contributed by atoms with van der Waals surface area (Å²) in [6.07, 6.45) is 5.00. The molecule has 0 saturated heterocycles. The Labute approximate surface area is 103 Å². The van der Waals surface area contributed by atoms with Crippen LogP contribution in [0.3, 0.4) is 0 Å². The Morgan fingerprint density at radius 3 is 2.12 bits per heavy atom. The van der Waals surface area contributed by atoms with Gasteiger partial charge in [0.2, 0.25) is 0 Å². The molecule has 0 spiro atoms. The summed E-state index contributed by atoms with van der Waals surface area (Å²) in [6, 6.07) is 1.94. The van der Waals surface area contributed by atoms with Gasteiger partial charge in [-0.1, -0.05) is 27.2 Å². The van der Waals surface area contributed by atoms with Crippen molar-refractivity contribution in [3.8, 4) is 0 Å². The summed E-state index contributed by atoms with van der Waals surface area (Å²) < 4.78 is 0. The van der Waals surface area contributed by atoms with Crippen LogP contribution in [0.5, 0.6) is 0 Å². The van der Waals surface area contributed by atoms with Crippen molar-refractivity contribution in [2.75, 3.05) is 13.6 Å². The lowest BCUT2D eigenvalue weighted by molar-refractivity contribution is 0.149. The second kappa shape index (κ2) is 9.00. The summed E-state index contributed by atoms with van der Waals surface area (Å²) in [7, 11) is 2.27. The molecule has 3 atom stereocenters. The first-order valence-electron chi connectivity index (χ1n) is 7.03. The molecule has 0 fully saturated rings. The molecule has 0 heterocycles. The Morgan fingerprint density at radius 1 is 1.06 bits per heavy atom. The zero-order valence-corrected chi connectivity index (χ0v) is 12.2. The molecule has 98 valence electrons. The average molecular weight is 228 g/mol. The second-order valence-corrected chi connectivity index (χ2v) is 5.01. The zero-order chi connectivity index (χ0) is 12.6. The van der Waals surface area contributed by atoms with Crippen LogP contribution in [-0.2, 0) is 0 Å². The van der Waals surface area contributed by atoms with E-state index in [0.717, 1.165) is 6.54 Å². The summed E-state index contributed by atoms with van der Waals surface area (Å²) >= 11 is 0. The standard InChI is InChI=1S/C14H32N2/c1-7-10-12(4)16(6)13(5)14(9-3)15-11-8-2/h12-15H,7-11H2,1-6H3. The summed E-state index contributed by atoms with van der Waals surface area (Å²) in [5.41, 5.74) is 0. The summed E-state index contributed by atoms with van der Waals surface area (Å²) in [6.45, 7) is 12.6. The maximum Gasteiger partial charge on any atom is 0.0220 e. The molecule has 0 bridgehead atoms. The number of nitrogens with one attached hydrogen (secondary N) is 1. The Hall–Kier alpha value is -0.0800. The highest BCUT2D eigenvalue weighted by atomic mass is 15.2. The highest BCUT2D eigenvalue weighted by Gasteiger charge is 2.21. The number of nitrogens with zero attached hydrogens (tertiary/aromatic N) is 1. The predicted octanol–water partition coefficient (Wildman–Crippen LogP) is 3.27. The predicted molar refractivity (Wildman–Crippen MR) is 74.0 cm³/mol. The maximum atomic E-state index is 3.66. The Bertz CT molecular complexity index is 157. The summed E-state index contributed by atoms with van der Waals surface area (Å²) in [5, 5.41) is 3.66. The van der Waals surface area contributed by atoms with E-state index >= 15 is 0 Å². The Kier molecular flexibility index (Phi) is 8.96. The van der Waals surface area contributed by atoms with Crippen LogP contribution in [0.4, 0.5) is 0 Å². The van der Waals surface area contributed by atoms with Crippen LogP contribution in [0.15, 0.2) is 0 Å². The molecule has 2 nitrogen and oxygen atoms in total. The van der Waals surface area contributed by atoms with Crippen molar-refractivity contribution in [2.45, 2.75) is 78.4 Å². The quantitative estimate of drug-likeness (QED) is 0.651. The van der Waals surface area contributed by atoms with Crippen LogP contribution in [0.1, 0.15) is 60.3 Å². The highest BCUT2D eigenvalue weighted by molar-refractivity contribution is 4.81. The smallest absolute Gasteiger partial charge is 0.0220 e. The van der Waals surface area contributed by atoms with E-state index in [1.165, 1.54) is 25.7 Å². The molecule has 0 aromatic rings. The molecule has 0 aromatic carbocycles. The van der Waals surface area contributed by atoms with Crippen molar-refractivity contribution in [1.29, 1.82) is 0 Å². The van der Waals surface area contributed by atoms with E-state index in [0.29, 0.717) is 18.1 Å². The summed E-state index contributed by atoms with van der Waals surface area (Å²) in [4.78, 5) is 2.53. The minimum atomic E-state index is 0.623. The molecule has 3 unspecified atom stereocenters. The van der Waals surface area contributed by atoms with E-state index in [4.69, 9.17) is 0 Å². The summed E-state index contributed by atoms with van der Waals surface area (Å²) in [5.74, 6) is 0. The molecule has 0 aliphatic heterocycles. The van der Waals surface area contributed by atoms with Gasteiger partial charge < -0.3 is 5.32 Å². The third-order valence-electron chi connectivity index (χ3n) is 3.72. The van der Waals surface area contributed by atoms with Gasteiger partial charge in [0.1, 0.15) is 0 Å². The molecule has 0 aliphatic carbocycles. The number of likely N-dealkylation sites (N-methyl/N-ethyl adjacent to an activating group) is 1. The monoisotopic (exact) mass is 228 g/mol. The van der Waals surface area contributed by atoms with Gasteiger partial charge in [-0.15, -0.1) is 0 Å². The topological polar surface area (TPSA) is 15.3 Å². The van der Waals surface area contributed by atoms with E-state index in [1.54, 1.807) is 0 Å². The van der Waals surface area contributed by atoms with Gasteiger partial charge in [0.25, 0.3) is 0 Å². The van der Waals surface area contributed by atoms with Gasteiger partial charge in [-0.25, -0.2) is 0 Å². The van der Waals surface area contributed by atoms with Crippen LogP contribution in [-0.4, -0.2) is 36.6 Å². The van der Waals surface area contributed by atoms with Gasteiger partial charge in [0, 0.05) is 18.1 Å². The fourth-order valence-electron chi connectivity index (χ4n) is 2.29. The van der Waals surface area contributed by atoms with Crippen molar-refractivity contribution in [2.24, 2.45) is 0 Å². The van der Waals surface area contributed by atoms with Crippen molar-refractivity contribution in [3.05, 3.63) is 0 Å². The van der Waals surface area contributed by atoms with Crippen molar-refractivity contribution in [1.82, 2.24) is 10.2 Å². The average Bonchev–Trinajstić information content (AvgIpc) is 2.29. The van der Waals surface area contributed by atoms with Gasteiger partial charge in [0.15, 0.2) is 0 Å². The van der Waals surface area contributed by atoms with Crippen LogP contribution < -0.4 is 5.32 Å². The fraction of sp³-hybridized carbons (Fsp3) is 1.00. The Morgan fingerprint density at radius 2 is 1.69 bits per heavy atom. The molecule has 0 aromatic heterocycles. The second-order valence-electron chi connectivity index (χ2n) is 5.01. The van der Waals surface area contributed by atoms with Crippen molar-refractivity contribution in [3.63, 3.8) is 0 Å². The first-order chi connectivity index (χ1) is 7.58. The molecule has 16 heavy (non-hydrogen) atoms. The molecule has 0 rings (SSSR count). The molecular weight excluding hydrogens is 196 g/mol. The van der Waals surface area contributed by atoms with E-state index in [9.17, 15) is 0 Å². The van der Waals surface area contributed by atoms with Crippen LogP contribution in [0.2, 0.25) is 0 Å². The minimum Gasteiger partial charge on any atom is -0.312 e. The van der Waals surface area contributed by atoms with Crippen molar-refractivity contribution < 1.29 is 0 Å². The van der Waals surface area contributed by atoms with Gasteiger partial charge in [-0.3, -0.25) is 4.90 Å². The molecule has 1 N–H and O–H groups in total. The van der Waals surface area contributed by atoms with Gasteiger partial charge in [-0.05, 0) is 46.7 Å². The van der Waals surface area contributed by atoms with E-state index in [2.05, 4.69) is 51.9 Å². The van der Waals surface area contributed by atoms with Crippen LogP contribution in [0.25, 0.3) is 0 Å². The lowest BCUT2D eigenvalue weighted by Crippen LogP contribution is -2.49. The van der Waals surface area contributed by atoms with Crippen LogP contribution >= 0.6 is 0 Å². The van der Waals surface area contributed by atoms with Gasteiger partial charge >= 0.3 is 0 Å². The molecule has 0 saturated carbocycles. The molecular formula is C14H32N2. The minimum absolute atomic E-state index is 0.623. The maximum absolute atomic E-state index is 3.66. The lowest BCUT2D eigenvalue weighted by atomic mass is 10.0. The van der Waals surface area contributed by atoms with Gasteiger partial charge in [0.05, 0.1) is 0 Å². The highest BCUT2D eigenvalue weighted by Crippen LogP contribution is 2.12. The number of hydrogen-bond acceptors (Lipinski definition) is 2. The SMILES string of the molecule is CCCNC(CC)C(C)N(C)C(C)CCC. The molecule has 0 radical (unpaired) electrons. The third kappa shape index (κ3) is 5.31. The van der Waals surface area contributed by atoms with Crippen LogP contribution in [0, 0.1) is 0 Å². The lowest BCUT2D eigenvalue weighted by Gasteiger charge is -2.36. The van der Waals surface area contributed by atoms with Crippen molar-refractivity contribution >= 4 is 0 Å². The first kappa shape index (κ1) is 15.9. The normalized spacial score (nSPS) is 17.4. The number of hydrogen-bond donors (Lipinski definition) is 1. The molecule has 0 amide bonds. The fourth-order valence-corrected chi connectivity index (χ4v) is 2.29. The largest absolute Gasteiger partial charge is 0.312 e. The van der Waals surface area contributed by atoms with E-state index in [-0.39, 0.29) is 0 Å².